The highest BCUT2D eigenvalue weighted by molar-refractivity contribution is 5.79. The summed E-state index contributed by atoms with van der Waals surface area (Å²) < 4.78 is 16.6. The first-order valence-corrected chi connectivity index (χ1v) is 6.43. The Hall–Kier alpha value is -1.79. The number of ether oxygens (including phenoxy) is 3. The molecule has 0 bridgehead atoms. The number of aromatic amines is 1. The molecule has 1 aromatic carbocycles. The van der Waals surface area contributed by atoms with Crippen molar-refractivity contribution < 1.29 is 14.2 Å². The molecular formula is C13H17N3O3. The first-order chi connectivity index (χ1) is 9.36. The van der Waals surface area contributed by atoms with Crippen molar-refractivity contribution in [1.29, 1.82) is 0 Å². The number of H-pyrrole nitrogens is 1. The van der Waals surface area contributed by atoms with Crippen LogP contribution in [0.25, 0.3) is 11.0 Å². The molecule has 0 aliphatic carbocycles. The molecule has 2 aromatic rings. The molecule has 0 saturated carbocycles. The van der Waals surface area contributed by atoms with E-state index in [4.69, 9.17) is 19.9 Å². The van der Waals surface area contributed by atoms with Crippen molar-refractivity contribution in [3.05, 3.63) is 18.0 Å². The van der Waals surface area contributed by atoms with Crippen molar-refractivity contribution >= 4 is 11.0 Å². The molecular weight excluding hydrogens is 246 g/mol. The minimum atomic E-state index is 0.429. The zero-order chi connectivity index (χ0) is 13.1. The summed E-state index contributed by atoms with van der Waals surface area (Å²) >= 11 is 0. The number of fused-ring (bicyclic) bond motifs is 2. The van der Waals surface area contributed by atoms with E-state index in [-0.39, 0.29) is 0 Å². The van der Waals surface area contributed by atoms with Crippen LogP contribution in [0.15, 0.2) is 12.1 Å². The molecule has 0 amide bonds. The predicted molar refractivity (Wildman–Crippen MR) is 70.4 cm³/mol. The number of nitrogens with zero attached hydrogens (tertiary/aromatic N) is 1. The van der Waals surface area contributed by atoms with E-state index in [1.807, 2.05) is 12.1 Å². The van der Waals surface area contributed by atoms with Gasteiger partial charge in [0.15, 0.2) is 11.5 Å². The van der Waals surface area contributed by atoms with Crippen LogP contribution in [0.5, 0.6) is 11.5 Å². The maximum atomic E-state index is 5.64. The molecule has 6 heteroatoms. The van der Waals surface area contributed by atoms with Crippen LogP contribution in [-0.2, 0) is 11.3 Å². The lowest BCUT2D eigenvalue weighted by atomic mass is 10.3. The molecule has 1 aliphatic rings. The van der Waals surface area contributed by atoms with Gasteiger partial charge in [-0.2, -0.15) is 0 Å². The highest BCUT2D eigenvalue weighted by Gasteiger charge is 2.13. The summed E-state index contributed by atoms with van der Waals surface area (Å²) in [4.78, 5) is 7.68. The van der Waals surface area contributed by atoms with E-state index in [2.05, 4.69) is 9.97 Å². The van der Waals surface area contributed by atoms with Gasteiger partial charge < -0.3 is 24.9 Å². The van der Waals surface area contributed by atoms with Gasteiger partial charge in [0.05, 0.1) is 30.9 Å². The normalized spacial score (nSPS) is 14.6. The van der Waals surface area contributed by atoms with Gasteiger partial charge in [-0.1, -0.05) is 0 Å². The number of nitrogens with two attached hydrogens (primary N) is 1. The number of hydrogen-bond acceptors (Lipinski definition) is 5. The maximum Gasteiger partial charge on any atom is 0.163 e. The van der Waals surface area contributed by atoms with Crippen molar-refractivity contribution in [3.63, 3.8) is 0 Å². The van der Waals surface area contributed by atoms with Crippen LogP contribution in [0.1, 0.15) is 12.2 Å². The molecule has 0 fully saturated rings. The topological polar surface area (TPSA) is 82.4 Å². The summed E-state index contributed by atoms with van der Waals surface area (Å²) in [5.41, 5.74) is 7.16. The number of rotatable bonds is 4. The Bertz CT molecular complexity index is 525. The summed E-state index contributed by atoms with van der Waals surface area (Å²) in [5.74, 6) is 2.30. The lowest BCUT2D eigenvalue weighted by Crippen LogP contribution is -2.08. The second kappa shape index (κ2) is 5.46. The van der Waals surface area contributed by atoms with E-state index in [1.54, 1.807) is 0 Å². The van der Waals surface area contributed by atoms with Gasteiger partial charge >= 0.3 is 0 Å². The van der Waals surface area contributed by atoms with E-state index in [0.717, 1.165) is 34.8 Å². The minimum Gasteiger partial charge on any atom is -0.489 e. The summed E-state index contributed by atoms with van der Waals surface area (Å²) in [6.07, 6.45) is 0.897. The number of nitrogens with one attached hydrogen (secondary N) is 1. The third-order valence-electron chi connectivity index (χ3n) is 2.90. The van der Waals surface area contributed by atoms with E-state index < -0.39 is 0 Å². The monoisotopic (exact) mass is 263 g/mol. The Morgan fingerprint density at radius 1 is 1.26 bits per heavy atom. The molecule has 0 radical (unpaired) electrons. The largest absolute Gasteiger partial charge is 0.489 e. The number of benzene rings is 1. The second-order valence-electron chi connectivity index (χ2n) is 4.39. The Balaban J connectivity index is 1.86. The summed E-state index contributed by atoms with van der Waals surface area (Å²) in [6, 6.07) is 3.83. The number of aromatic nitrogens is 2. The predicted octanol–water partition coefficient (Wildman–Crippen LogP) is 1.20. The van der Waals surface area contributed by atoms with Crippen LogP contribution in [0.3, 0.4) is 0 Å². The molecule has 0 spiro atoms. The minimum absolute atomic E-state index is 0.429. The van der Waals surface area contributed by atoms with Gasteiger partial charge in [-0.3, -0.25) is 0 Å². The fraction of sp³-hybridized carbons (Fsp3) is 0.462. The fourth-order valence-electron chi connectivity index (χ4n) is 2.04. The van der Waals surface area contributed by atoms with E-state index in [9.17, 15) is 0 Å². The molecule has 0 unspecified atom stereocenters. The molecule has 1 aromatic heterocycles. The molecule has 0 saturated heterocycles. The maximum absolute atomic E-state index is 5.64. The molecule has 102 valence electrons. The van der Waals surface area contributed by atoms with Crippen LogP contribution in [0.2, 0.25) is 0 Å². The first kappa shape index (κ1) is 12.3. The standard InChI is InChI=1S/C13H17N3O3/c14-2-5-17-8-13-15-9-6-11-12(7-10(9)16-13)19-4-1-3-18-11/h6-7H,1-5,8,14H2,(H,15,16). The number of imidazole rings is 1. The molecule has 3 N–H and O–H groups in total. The van der Waals surface area contributed by atoms with Gasteiger partial charge in [0, 0.05) is 25.1 Å². The SMILES string of the molecule is NCCOCc1nc2cc3c(cc2[nH]1)OCCCO3. The van der Waals surface area contributed by atoms with Crippen molar-refractivity contribution in [1.82, 2.24) is 9.97 Å². The van der Waals surface area contributed by atoms with Crippen LogP contribution < -0.4 is 15.2 Å². The zero-order valence-corrected chi connectivity index (χ0v) is 10.6. The van der Waals surface area contributed by atoms with Gasteiger partial charge in [-0.15, -0.1) is 0 Å². The smallest absolute Gasteiger partial charge is 0.163 e. The summed E-state index contributed by atoms with van der Waals surface area (Å²) in [6.45, 7) is 2.82. The fourth-order valence-corrected chi connectivity index (χ4v) is 2.04. The zero-order valence-electron chi connectivity index (χ0n) is 10.6. The Morgan fingerprint density at radius 2 is 2.05 bits per heavy atom. The van der Waals surface area contributed by atoms with Crippen LogP contribution in [0.4, 0.5) is 0 Å². The van der Waals surface area contributed by atoms with Crippen LogP contribution in [-0.4, -0.2) is 36.3 Å². The molecule has 19 heavy (non-hydrogen) atoms. The van der Waals surface area contributed by atoms with Crippen molar-refractivity contribution in [2.24, 2.45) is 5.73 Å². The van der Waals surface area contributed by atoms with E-state index >= 15 is 0 Å². The van der Waals surface area contributed by atoms with Gasteiger partial charge in [0.25, 0.3) is 0 Å². The van der Waals surface area contributed by atoms with Crippen molar-refractivity contribution in [3.8, 4) is 11.5 Å². The lowest BCUT2D eigenvalue weighted by molar-refractivity contribution is 0.123. The average molecular weight is 263 g/mol. The molecule has 0 atom stereocenters. The second-order valence-corrected chi connectivity index (χ2v) is 4.39. The molecule has 3 rings (SSSR count). The summed E-state index contributed by atoms with van der Waals surface area (Å²) in [5, 5.41) is 0. The Labute approximate surface area is 110 Å². The lowest BCUT2D eigenvalue weighted by Gasteiger charge is -2.05. The average Bonchev–Trinajstić information content (AvgIpc) is 2.65. The van der Waals surface area contributed by atoms with Crippen molar-refractivity contribution in [2.45, 2.75) is 13.0 Å². The highest BCUT2D eigenvalue weighted by atomic mass is 16.5. The first-order valence-electron chi connectivity index (χ1n) is 6.43. The Morgan fingerprint density at radius 3 is 2.84 bits per heavy atom. The quantitative estimate of drug-likeness (QED) is 0.810. The molecule has 2 heterocycles. The summed E-state index contributed by atoms with van der Waals surface area (Å²) in [7, 11) is 0. The van der Waals surface area contributed by atoms with Gasteiger partial charge in [-0.25, -0.2) is 4.98 Å². The third-order valence-corrected chi connectivity index (χ3v) is 2.90. The third kappa shape index (κ3) is 2.64. The van der Waals surface area contributed by atoms with Crippen LogP contribution >= 0.6 is 0 Å². The van der Waals surface area contributed by atoms with Gasteiger partial charge in [0.1, 0.15) is 12.4 Å². The highest BCUT2D eigenvalue weighted by Crippen LogP contribution is 2.33. The number of hydrogen-bond donors (Lipinski definition) is 2. The van der Waals surface area contributed by atoms with Gasteiger partial charge in [0.2, 0.25) is 0 Å². The molecule has 1 aliphatic heterocycles. The van der Waals surface area contributed by atoms with Crippen molar-refractivity contribution in [2.75, 3.05) is 26.4 Å². The Kier molecular flexibility index (Phi) is 3.52. The van der Waals surface area contributed by atoms with Crippen LogP contribution in [0, 0.1) is 0 Å². The molecule has 6 nitrogen and oxygen atoms in total. The van der Waals surface area contributed by atoms with E-state index in [1.165, 1.54) is 0 Å². The van der Waals surface area contributed by atoms with E-state index in [0.29, 0.717) is 33.0 Å². The van der Waals surface area contributed by atoms with Gasteiger partial charge in [-0.05, 0) is 0 Å².